The van der Waals surface area contributed by atoms with E-state index < -0.39 is 5.60 Å². The second-order valence-corrected chi connectivity index (χ2v) is 7.90. The molecule has 0 radical (unpaired) electrons. The molecule has 1 N–H and O–H groups in total. The van der Waals surface area contributed by atoms with E-state index in [1.807, 2.05) is 45.0 Å². The number of carbonyl (C=O) groups excluding carboxylic acids is 2. The molecular formula is C17H21N3O3S. The lowest BCUT2D eigenvalue weighted by molar-refractivity contribution is 0.0290. The lowest BCUT2D eigenvalue weighted by atomic mass is 10.2. The molecule has 1 saturated heterocycles. The van der Waals surface area contributed by atoms with Crippen LogP contribution in [0.4, 0.5) is 4.79 Å². The Labute approximate surface area is 144 Å². The second-order valence-electron chi connectivity index (χ2n) is 6.87. The van der Waals surface area contributed by atoms with Gasteiger partial charge in [-0.25, -0.2) is 9.78 Å². The Bertz CT molecular complexity index is 733. The number of nitrogens with zero attached hydrogens (tertiary/aromatic N) is 2. The van der Waals surface area contributed by atoms with Crippen molar-refractivity contribution >= 4 is 33.6 Å². The van der Waals surface area contributed by atoms with Gasteiger partial charge in [0.1, 0.15) is 5.60 Å². The number of benzene rings is 1. The first-order chi connectivity index (χ1) is 11.3. The summed E-state index contributed by atoms with van der Waals surface area (Å²) in [6.45, 7) is 6.57. The van der Waals surface area contributed by atoms with Crippen LogP contribution in [0, 0.1) is 0 Å². The van der Waals surface area contributed by atoms with E-state index in [2.05, 4.69) is 10.3 Å². The van der Waals surface area contributed by atoms with Crippen LogP contribution in [0.15, 0.2) is 24.3 Å². The summed E-state index contributed by atoms with van der Waals surface area (Å²) in [6, 6.07) is 7.60. The number of para-hydroxylation sites is 1. The molecule has 1 aromatic heterocycles. The summed E-state index contributed by atoms with van der Waals surface area (Å²) in [5.74, 6) is -0.188. The predicted molar refractivity (Wildman–Crippen MR) is 93.3 cm³/mol. The van der Waals surface area contributed by atoms with Gasteiger partial charge in [-0.3, -0.25) is 4.79 Å². The van der Waals surface area contributed by atoms with Crippen LogP contribution in [0.3, 0.4) is 0 Å². The number of rotatable bonds is 2. The number of aromatic nitrogens is 1. The van der Waals surface area contributed by atoms with Gasteiger partial charge in [0.25, 0.3) is 5.91 Å². The number of thiazole rings is 1. The summed E-state index contributed by atoms with van der Waals surface area (Å²) < 4.78 is 6.35. The van der Waals surface area contributed by atoms with Crippen LogP contribution >= 0.6 is 11.3 Å². The number of carbonyl (C=O) groups is 2. The standard InChI is InChI=1S/C17H21N3O3S/c1-17(2,3)23-16(22)20-9-8-11(10-20)18-14(21)15-19-12-6-4-5-7-13(12)24-15/h4-7,11H,8-10H2,1-3H3,(H,18,21)/t11-/m0/s1. The van der Waals surface area contributed by atoms with Crippen molar-refractivity contribution in [1.82, 2.24) is 15.2 Å². The molecule has 6 nitrogen and oxygen atoms in total. The van der Waals surface area contributed by atoms with E-state index in [9.17, 15) is 9.59 Å². The molecule has 7 heteroatoms. The predicted octanol–water partition coefficient (Wildman–Crippen LogP) is 3.04. The Hall–Kier alpha value is -2.15. The smallest absolute Gasteiger partial charge is 0.410 e. The highest BCUT2D eigenvalue weighted by Gasteiger charge is 2.31. The van der Waals surface area contributed by atoms with E-state index in [1.165, 1.54) is 11.3 Å². The summed E-state index contributed by atoms with van der Waals surface area (Å²) in [5.41, 5.74) is 0.314. The van der Waals surface area contributed by atoms with E-state index in [1.54, 1.807) is 4.90 Å². The third kappa shape index (κ3) is 3.84. The highest BCUT2D eigenvalue weighted by atomic mass is 32.1. The van der Waals surface area contributed by atoms with Gasteiger partial charge in [0.05, 0.1) is 10.2 Å². The van der Waals surface area contributed by atoms with E-state index in [-0.39, 0.29) is 18.0 Å². The van der Waals surface area contributed by atoms with Crippen LogP contribution in [-0.2, 0) is 4.74 Å². The lowest BCUT2D eigenvalue weighted by Gasteiger charge is -2.24. The molecule has 1 fully saturated rings. The molecule has 2 heterocycles. The van der Waals surface area contributed by atoms with Gasteiger partial charge in [0.2, 0.25) is 0 Å². The Morgan fingerprint density at radius 2 is 2.08 bits per heavy atom. The average Bonchev–Trinajstić information content (AvgIpc) is 3.11. The summed E-state index contributed by atoms with van der Waals surface area (Å²) in [6.07, 6.45) is 0.384. The molecule has 2 aromatic rings. The largest absolute Gasteiger partial charge is 0.444 e. The zero-order valence-corrected chi connectivity index (χ0v) is 14.9. The van der Waals surface area contributed by atoms with E-state index in [0.717, 1.165) is 16.6 Å². The minimum Gasteiger partial charge on any atom is -0.444 e. The van der Waals surface area contributed by atoms with Crippen molar-refractivity contribution in [3.63, 3.8) is 0 Å². The molecule has 0 aliphatic carbocycles. The van der Waals surface area contributed by atoms with Crippen LogP contribution in [0.25, 0.3) is 10.2 Å². The second kappa shape index (κ2) is 6.39. The van der Waals surface area contributed by atoms with Crippen LogP contribution < -0.4 is 5.32 Å². The van der Waals surface area contributed by atoms with Gasteiger partial charge in [0, 0.05) is 19.1 Å². The Morgan fingerprint density at radius 1 is 1.33 bits per heavy atom. The van der Waals surface area contributed by atoms with E-state index in [0.29, 0.717) is 18.1 Å². The van der Waals surface area contributed by atoms with Crippen molar-refractivity contribution in [2.75, 3.05) is 13.1 Å². The Balaban J connectivity index is 1.59. The van der Waals surface area contributed by atoms with Crippen LogP contribution in [0.2, 0.25) is 0 Å². The first-order valence-electron chi connectivity index (χ1n) is 7.96. The summed E-state index contributed by atoms with van der Waals surface area (Å²) in [4.78, 5) is 30.4. The summed E-state index contributed by atoms with van der Waals surface area (Å²) in [7, 11) is 0. The van der Waals surface area contributed by atoms with Gasteiger partial charge < -0.3 is 15.0 Å². The quantitative estimate of drug-likeness (QED) is 0.906. The van der Waals surface area contributed by atoms with Crippen LogP contribution in [0.5, 0.6) is 0 Å². The molecule has 0 spiro atoms. The molecule has 1 atom stereocenters. The average molecular weight is 347 g/mol. The number of amides is 2. The highest BCUT2D eigenvalue weighted by molar-refractivity contribution is 7.20. The van der Waals surface area contributed by atoms with E-state index >= 15 is 0 Å². The summed E-state index contributed by atoms with van der Waals surface area (Å²) in [5, 5.41) is 3.41. The van der Waals surface area contributed by atoms with E-state index in [4.69, 9.17) is 4.74 Å². The number of hydrogen-bond acceptors (Lipinski definition) is 5. The minimum absolute atomic E-state index is 0.0722. The van der Waals surface area contributed by atoms with Crippen molar-refractivity contribution < 1.29 is 14.3 Å². The SMILES string of the molecule is CC(C)(C)OC(=O)N1CC[C@H](NC(=O)c2nc3ccccc3s2)C1. The molecular weight excluding hydrogens is 326 g/mol. The van der Waals surface area contributed by atoms with Gasteiger partial charge in [-0.05, 0) is 39.3 Å². The maximum atomic E-state index is 12.4. The van der Waals surface area contributed by atoms with Crippen LogP contribution in [0.1, 0.15) is 37.0 Å². The Kier molecular flexibility index (Phi) is 4.45. The number of likely N-dealkylation sites (tertiary alicyclic amines) is 1. The highest BCUT2D eigenvalue weighted by Crippen LogP contribution is 2.22. The van der Waals surface area contributed by atoms with Gasteiger partial charge in [0.15, 0.2) is 5.01 Å². The molecule has 3 rings (SSSR count). The monoisotopic (exact) mass is 347 g/mol. The lowest BCUT2D eigenvalue weighted by Crippen LogP contribution is -2.40. The maximum absolute atomic E-state index is 12.4. The van der Waals surface area contributed by atoms with Crippen LogP contribution in [-0.4, -0.2) is 46.6 Å². The molecule has 2 amide bonds. The molecule has 1 aliphatic rings. The number of ether oxygens (including phenoxy) is 1. The molecule has 1 aromatic carbocycles. The Morgan fingerprint density at radius 3 is 2.79 bits per heavy atom. The minimum atomic E-state index is -0.514. The third-order valence-electron chi connectivity index (χ3n) is 3.66. The normalized spacial score (nSPS) is 18.0. The van der Waals surface area contributed by atoms with Crippen molar-refractivity contribution in [2.45, 2.75) is 38.8 Å². The fourth-order valence-corrected chi connectivity index (χ4v) is 3.46. The molecule has 24 heavy (non-hydrogen) atoms. The summed E-state index contributed by atoms with van der Waals surface area (Å²) >= 11 is 1.38. The zero-order chi connectivity index (χ0) is 17.3. The van der Waals surface area contributed by atoms with Crippen molar-refractivity contribution in [3.8, 4) is 0 Å². The first-order valence-corrected chi connectivity index (χ1v) is 8.78. The van der Waals surface area contributed by atoms with Gasteiger partial charge >= 0.3 is 6.09 Å². The van der Waals surface area contributed by atoms with Crippen molar-refractivity contribution in [1.29, 1.82) is 0 Å². The van der Waals surface area contributed by atoms with Gasteiger partial charge in [-0.1, -0.05) is 12.1 Å². The molecule has 128 valence electrons. The topological polar surface area (TPSA) is 71.5 Å². The molecule has 0 bridgehead atoms. The molecule has 0 unspecified atom stereocenters. The fourth-order valence-electron chi connectivity index (χ4n) is 2.59. The third-order valence-corrected chi connectivity index (χ3v) is 4.70. The maximum Gasteiger partial charge on any atom is 0.410 e. The first kappa shape index (κ1) is 16.7. The van der Waals surface area contributed by atoms with Crippen molar-refractivity contribution in [2.24, 2.45) is 0 Å². The fraction of sp³-hybridized carbons (Fsp3) is 0.471. The number of nitrogens with one attached hydrogen (secondary N) is 1. The number of fused-ring (bicyclic) bond motifs is 1. The molecule has 1 aliphatic heterocycles. The van der Waals surface area contributed by atoms with Gasteiger partial charge in [-0.15, -0.1) is 11.3 Å². The van der Waals surface area contributed by atoms with Gasteiger partial charge in [-0.2, -0.15) is 0 Å². The zero-order valence-electron chi connectivity index (χ0n) is 14.0. The molecule has 0 saturated carbocycles. The van der Waals surface area contributed by atoms with Crippen molar-refractivity contribution in [3.05, 3.63) is 29.3 Å². The number of hydrogen-bond donors (Lipinski definition) is 1.